The van der Waals surface area contributed by atoms with Gasteiger partial charge in [0, 0.05) is 10.8 Å². The molecule has 0 saturated heterocycles. The quantitative estimate of drug-likeness (QED) is 0.0906. The molecular formula is C71H60. The van der Waals surface area contributed by atoms with Crippen LogP contribution >= 0.6 is 0 Å². The van der Waals surface area contributed by atoms with Crippen molar-refractivity contribution in [1.29, 1.82) is 0 Å². The van der Waals surface area contributed by atoms with Crippen molar-refractivity contribution in [1.82, 2.24) is 0 Å². The highest BCUT2D eigenvalue weighted by molar-refractivity contribution is 6.24. The van der Waals surface area contributed by atoms with Gasteiger partial charge in [-0.05, 0) is 128 Å². The van der Waals surface area contributed by atoms with Crippen LogP contribution in [-0.2, 0) is 37.5 Å². The van der Waals surface area contributed by atoms with Gasteiger partial charge >= 0.3 is 0 Å². The lowest BCUT2D eigenvalue weighted by atomic mass is 9.57. The molecule has 344 valence electrons. The van der Waals surface area contributed by atoms with Crippen LogP contribution in [0.1, 0.15) is 63.4 Å². The SMILES string of the molecule is CCC1(c2ccccc2)C(C2=C(Cc3ccccc3)C(Cc3ccccc3)=C(Cc3ccccc3)C2(Cc2ccccc2)Cc2ccccc2)=C(c2ccccc2)C(c2ccccc2)=C1c1ccccc1. The normalized spacial score (nSPS) is 16.5. The fraction of sp³-hybridized carbons (Fsp3) is 0.127. The van der Waals surface area contributed by atoms with Crippen molar-refractivity contribution in [3.8, 4) is 0 Å². The van der Waals surface area contributed by atoms with Crippen molar-refractivity contribution in [2.24, 2.45) is 5.41 Å². The highest BCUT2D eigenvalue weighted by Crippen LogP contribution is 2.68. The summed E-state index contributed by atoms with van der Waals surface area (Å²) in [6.45, 7) is 2.46. The van der Waals surface area contributed by atoms with E-state index in [1.807, 2.05) is 0 Å². The van der Waals surface area contributed by atoms with Gasteiger partial charge < -0.3 is 0 Å². The number of rotatable bonds is 16. The van der Waals surface area contributed by atoms with Crippen LogP contribution in [0.4, 0.5) is 0 Å². The summed E-state index contributed by atoms with van der Waals surface area (Å²) < 4.78 is 0. The minimum absolute atomic E-state index is 0.509. The Morgan fingerprint density at radius 1 is 0.282 bits per heavy atom. The molecule has 0 bridgehead atoms. The third kappa shape index (κ3) is 8.81. The molecule has 0 N–H and O–H groups in total. The van der Waals surface area contributed by atoms with E-state index in [4.69, 9.17) is 0 Å². The third-order valence-corrected chi connectivity index (χ3v) is 15.3. The lowest BCUT2D eigenvalue weighted by molar-refractivity contribution is 0.414. The van der Waals surface area contributed by atoms with Crippen molar-refractivity contribution in [3.63, 3.8) is 0 Å². The number of allylic oxidation sites excluding steroid dienone is 8. The molecular weight excluding hydrogens is 853 g/mol. The van der Waals surface area contributed by atoms with E-state index < -0.39 is 10.8 Å². The van der Waals surface area contributed by atoms with Crippen LogP contribution in [0, 0.1) is 5.41 Å². The highest BCUT2D eigenvalue weighted by atomic mass is 14.6. The topological polar surface area (TPSA) is 0 Å². The predicted octanol–water partition coefficient (Wildman–Crippen LogP) is 17.2. The molecule has 2 aliphatic rings. The molecule has 0 aromatic heterocycles. The lowest BCUT2D eigenvalue weighted by Crippen LogP contribution is -2.37. The molecule has 0 saturated carbocycles. The molecule has 0 spiro atoms. The van der Waals surface area contributed by atoms with Gasteiger partial charge in [0.05, 0.1) is 0 Å². The minimum atomic E-state index is -0.588. The average molecular weight is 913 g/mol. The Morgan fingerprint density at radius 2 is 0.606 bits per heavy atom. The van der Waals surface area contributed by atoms with Crippen LogP contribution in [0.2, 0.25) is 0 Å². The minimum Gasteiger partial charge on any atom is -0.0639 e. The van der Waals surface area contributed by atoms with Crippen LogP contribution in [0.3, 0.4) is 0 Å². The monoisotopic (exact) mass is 912 g/mol. The second kappa shape index (κ2) is 20.5. The first-order valence-electron chi connectivity index (χ1n) is 25.5. The zero-order valence-corrected chi connectivity index (χ0v) is 40.7. The number of hydrogen-bond donors (Lipinski definition) is 0. The maximum absolute atomic E-state index is 2.46. The number of hydrogen-bond acceptors (Lipinski definition) is 0. The van der Waals surface area contributed by atoms with Crippen LogP contribution in [0.25, 0.3) is 16.7 Å². The summed E-state index contributed by atoms with van der Waals surface area (Å²) in [5.74, 6) is 0. The van der Waals surface area contributed by atoms with Crippen molar-refractivity contribution < 1.29 is 0 Å². The van der Waals surface area contributed by atoms with Gasteiger partial charge in [-0.3, -0.25) is 0 Å². The Labute approximate surface area is 421 Å². The van der Waals surface area contributed by atoms with E-state index in [1.54, 1.807) is 0 Å². The van der Waals surface area contributed by atoms with Gasteiger partial charge in [-0.15, -0.1) is 0 Å². The third-order valence-electron chi connectivity index (χ3n) is 15.3. The molecule has 2 aliphatic carbocycles. The van der Waals surface area contributed by atoms with Gasteiger partial charge in [0.1, 0.15) is 0 Å². The smallest absolute Gasteiger partial charge is 0.0470 e. The fourth-order valence-corrected chi connectivity index (χ4v) is 12.4. The highest BCUT2D eigenvalue weighted by Gasteiger charge is 2.56. The Bertz CT molecular complexity index is 3290. The second-order valence-corrected chi connectivity index (χ2v) is 19.4. The van der Waals surface area contributed by atoms with Crippen molar-refractivity contribution in [2.75, 3.05) is 0 Å². The number of benzene rings is 9. The summed E-state index contributed by atoms with van der Waals surface area (Å²) in [5, 5.41) is 0. The van der Waals surface area contributed by atoms with Gasteiger partial charge in [0.25, 0.3) is 0 Å². The first-order chi connectivity index (χ1) is 35.2. The summed E-state index contributed by atoms with van der Waals surface area (Å²) in [6, 6.07) is 102. The summed E-state index contributed by atoms with van der Waals surface area (Å²) in [6.07, 6.45) is 4.95. The van der Waals surface area contributed by atoms with Gasteiger partial charge in [-0.1, -0.05) is 285 Å². The van der Waals surface area contributed by atoms with E-state index >= 15 is 0 Å². The zero-order chi connectivity index (χ0) is 47.9. The summed E-state index contributed by atoms with van der Waals surface area (Å²) >= 11 is 0. The maximum atomic E-state index is 2.46. The Morgan fingerprint density at radius 3 is 1.01 bits per heavy atom. The van der Waals surface area contributed by atoms with Crippen molar-refractivity contribution in [2.45, 2.75) is 50.9 Å². The molecule has 1 atom stereocenters. The van der Waals surface area contributed by atoms with Crippen LogP contribution in [-0.4, -0.2) is 0 Å². The van der Waals surface area contributed by atoms with Gasteiger partial charge in [0.2, 0.25) is 0 Å². The maximum Gasteiger partial charge on any atom is 0.0470 e. The van der Waals surface area contributed by atoms with E-state index in [9.17, 15) is 0 Å². The van der Waals surface area contributed by atoms with E-state index in [0.717, 1.165) is 38.5 Å². The molecule has 0 nitrogen and oxygen atoms in total. The molecule has 9 aromatic carbocycles. The molecule has 9 aromatic rings. The van der Waals surface area contributed by atoms with E-state index in [0.29, 0.717) is 0 Å². The fourth-order valence-electron chi connectivity index (χ4n) is 12.4. The Balaban J connectivity index is 1.39. The van der Waals surface area contributed by atoms with E-state index in [1.165, 1.54) is 94.7 Å². The molecule has 0 fully saturated rings. The zero-order valence-electron chi connectivity index (χ0n) is 40.7. The largest absolute Gasteiger partial charge is 0.0639 e. The molecule has 1 unspecified atom stereocenters. The molecule has 71 heavy (non-hydrogen) atoms. The molecule has 0 amide bonds. The summed E-state index contributed by atoms with van der Waals surface area (Å²) in [4.78, 5) is 0. The molecule has 0 heterocycles. The van der Waals surface area contributed by atoms with Crippen LogP contribution < -0.4 is 0 Å². The standard InChI is InChI=1S/C71H60/c1-2-71(61-46-28-11-29-47-61)67(60-44-26-10-27-45-60)65(58-40-22-8-23-41-58)66(59-42-24-9-25-43-59)69(71)68-63(49-54-32-14-4-15-33-54)62(48-53-30-12-3-13-31-53)64(50-55-34-16-5-17-35-55)70(68,51-56-36-18-6-19-37-56)52-57-38-20-7-21-39-57/h3-47H,2,48-52H2,1H3. The second-order valence-electron chi connectivity index (χ2n) is 19.4. The van der Waals surface area contributed by atoms with Gasteiger partial charge in [-0.25, -0.2) is 0 Å². The molecule has 0 radical (unpaired) electrons. The van der Waals surface area contributed by atoms with Crippen LogP contribution in [0.15, 0.2) is 301 Å². The van der Waals surface area contributed by atoms with Crippen molar-refractivity contribution in [3.05, 3.63) is 351 Å². The predicted molar refractivity (Wildman–Crippen MR) is 299 cm³/mol. The van der Waals surface area contributed by atoms with E-state index in [-0.39, 0.29) is 0 Å². The lowest BCUT2D eigenvalue weighted by Gasteiger charge is -2.44. The summed E-state index contributed by atoms with van der Waals surface area (Å²) in [5.41, 5.74) is 22.0. The molecule has 0 aliphatic heterocycles. The summed E-state index contributed by atoms with van der Waals surface area (Å²) in [7, 11) is 0. The average Bonchev–Trinajstić information content (AvgIpc) is 3.86. The van der Waals surface area contributed by atoms with Gasteiger partial charge in [0.15, 0.2) is 0 Å². The Hall–Kier alpha value is -8.06. The van der Waals surface area contributed by atoms with Crippen molar-refractivity contribution >= 4 is 16.7 Å². The Kier molecular flexibility index (Phi) is 13.1. The first kappa shape index (κ1) is 45.4. The van der Waals surface area contributed by atoms with Crippen LogP contribution in [0.5, 0.6) is 0 Å². The molecule has 11 rings (SSSR count). The van der Waals surface area contributed by atoms with E-state index in [2.05, 4.69) is 280 Å². The molecule has 0 heteroatoms. The van der Waals surface area contributed by atoms with Gasteiger partial charge in [-0.2, -0.15) is 0 Å². The first-order valence-corrected chi connectivity index (χ1v) is 25.5.